The normalized spacial score (nSPS) is 11.9. The van der Waals surface area contributed by atoms with Crippen molar-refractivity contribution in [3.63, 3.8) is 0 Å². The first-order chi connectivity index (χ1) is 19.8. The topological polar surface area (TPSA) is 49.4 Å². The predicted octanol–water partition coefficient (Wildman–Crippen LogP) is 7.93. The first kappa shape index (κ1) is 30.4. The third kappa shape index (κ3) is 8.69. The van der Waals surface area contributed by atoms with E-state index in [1.54, 1.807) is 17.0 Å². The van der Waals surface area contributed by atoms with E-state index in [2.05, 4.69) is 5.32 Å². The predicted molar refractivity (Wildman–Crippen MR) is 168 cm³/mol. The molecule has 0 saturated heterocycles. The molecule has 4 aromatic carbocycles. The van der Waals surface area contributed by atoms with Gasteiger partial charge in [0, 0.05) is 41.9 Å². The van der Waals surface area contributed by atoms with E-state index in [0.29, 0.717) is 23.0 Å². The number of hydrogen-bond acceptors (Lipinski definition) is 2. The Labute approximate surface area is 253 Å². The van der Waals surface area contributed by atoms with Gasteiger partial charge in [0.2, 0.25) is 11.8 Å². The maximum Gasteiger partial charge on any atom is 0.243 e. The van der Waals surface area contributed by atoms with Gasteiger partial charge in [0.1, 0.15) is 6.04 Å². The molecule has 0 aliphatic heterocycles. The number of nitrogens with zero attached hydrogens (tertiary/aromatic N) is 1. The molecule has 0 bridgehead atoms. The van der Waals surface area contributed by atoms with Crippen LogP contribution in [0.25, 0.3) is 0 Å². The second-order valence-corrected chi connectivity index (χ2v) is 11.5. The van der Waals surface area contributed by atoms with Crippen LogP contribution in [0, 0.1) is 5.92 Å². The summed E-state index contributed by atoms with van der Waals surface area (Å²) in [5, 5.41) is 4.05. The number of hydrogen-bond donors (Lipinski definition) is 1. The van der Waals surface area contributed by atoms with E-state index < -0.39 is 6.04 Å². The van der Waals surface area contributed by atoms with Crippen LogP contribution in [0.15, 0.2) is 109 Å². The van der Waals surface area contributed by atoms with Crippen LogP contribution < -0.4 is 5.32 Å². The Morgan fingerprint density at radius 3 is 1.88 bits per heavy atom. The van der Waals surface area contributed by atoms with Gasteiger partial charge in [-0.1, -0.05) is 134 Å². The number of rotatable bonds is 12. The Kier molecular flexibility index (Phi) is 11.0. The molecule has 4 nitrogen and oxygen atoms in total. The Hall–Kier alpha value is -3.60. The standard InChI is InChI=1S/C35H36Cl2N2O2/c1-25(2)23-38-35(41)33(20-26-12-6-3-7-13-26)39(24-29-18-19-30(36)21-32(29)37)34(40)22-31(27-14-8-4-9-15-27)28-16-10-5-11-17-28/h3-19,21,25,31,33H,20,22-24H2,1-2H3,(H,38,41). The molecular weight excluding hydrogens is 551 g/mol. The summed E-state index contributed by atoms with van der Waals surface area (Å²) >= 11 is 12.8. The first-order valence-electron chi connectivity index (χ1n) is 14.0. The van der Waals surface area contributed by atoms with Crippen molar-refractivity contribution in [2.45, 2.75) is 45.2 Å². The average Bonchev–Trinajstić information content (AvgIpc) is 2.98. The fourth-order valence-electron chi connectivity index (χ4n) is 4.90. The lowest BCUT2D eigenvalue weighted by molar-refractivity contribution is -0.141. The summed E-state index contributed by atoms with van der Waals surface area (Å²) < 4.78 is 0. The van der Waals surface area contributed by atoms with Crippen LogP contribution in [0.5, 0.6) is 0 Å². The van der Waals surface area contributed by atoms with E-state index in [4.69, 9.17) is 23.2 Å². The Balaban J connectivity index is 1.75. The van der Waals surface area contributed by atoms with Gasteiger partial charge < -0.3 is 10.2 Å². The van der Waals surface area contributed by atoms with Crippen molar-refractivity contribution < 1.29 is 9.59 Å². The molecule has 4 rings (SSSR count). The summed E-state index contributed by atoms with van der Waals surface area (Å²) in [5.41, 5.74) is 3.79. The van der Waals surface area contributed by atoms with Crippen LogP contribution >= 0.6 is 23.2 Å². The van der Waals surface area contributed by atoms with E-state index in [1.165, 1.54) is 0 Å². The minimum absolute atomic E-state index is 0.130. The van der Waals surface area contributed by atoms with Crippen LogP contribution in [-0.2, 0) is 22.6 Å². The first-order valence-corrected chi connectivity index (χ1v) is 14.7. The molecule has 1 unspecified atom stereocenters. The van der Waals surface area contributed by atoms with Gasteiger partial charge in [-0.15, -0.1) is 0 Å². The van der Waals surface area contributed by atoms with Gasteiger partial charge in [-0.3, -0.25) is 9.59 Å². The van der Waals surface area contributed by atoms with Crippen LogP contribution in [-0.4, -0.2) is 29.3 Å². The zero-order valence-electron chi connectivity index (χ0n) is 23.5. The van der Waals surface area contributed by atoms with Crippen LogP contribution in [0.2, 0.25) is 10.0 Å². The highest BCUT2D eigenvalue weighted by Crippen LogP contribution is 2.31. The van der Waals surface area contributed by atoms with Crippen molar-refractivity contribution in [1.29, 1.82) is 0 Å². The summed E-state index contributed by atoms with van der Waals surface area (Å²) in [6.07, 6.45) is 0.574. The van der Waals surface area contributed by atoms with Gasteiger partial charge >= 0.3 is 0 Å². The van der Waals surface area contributed by atoms with E-state index in [1.807, 2.05) is 111 Å². The van der Waals surface area contributed by atoms with Gasteiger partial charge in [0.25, 0.3) is 0 Å². The summed E-state index contributed by atoms with van der Waals surface area (Å²) in [6.45, 7) is 4.79. The molecule has 41 heavy (non-hydrogen) atoms. The van der Waals surface area contributed by atoms with Crippen molar-refractivity contribution >= 4 is 35.0 Å². The second-order valence-electron chi connectivity index (χ2n) is 10.7. The molecular formula is C35H36Cl2N2O2. The molecule has 0 saturated carbocycles. The fraction of sp³-hybridized carbons (Fsp3) is 0.257. The van der Waals surface area contributed by atoms with E-state index in [9.17, 15) is 9.59 Å². The van der Waals surface area contributed by atoms with E-state index >= 15 is 0 Å². The van der Waals surface area contributed by atoms with Gasteiger partial charge in [-0.2, -0.15) is 0 Å². The minimum Gasteiger partial charge on any atom is -0.354 e. The summed E-state index contributed by atoms with van der Waals surface area (Å²) in [5.74, 6) is -0.220. The quantitative estimate of drug-likeness (QED) is 0.183. The molecule has 1 atom stereocenters. The lowest BCUT2D eigenvalue weighted by Gasteiger charge is -2.33. The van der Waals surface area contributed by atoms with E-state index in [0.717, 1.165) is 22.3 Å². The third-order valence-corrected chi connectivity index (χ3v) is 7.68. The molecule has 1 N–H and O–H groups in total. The van der Waals surface area contributed by atoms with Gasteiger partial charge in [0.05, 0.1) is 0 Å². The third-order valence-electron chi connectivity index (χ3n) is 7.09. The molecule has 0 aliphatic carbocycles. The second kappa shape index (κ2) is 14.9. The minimum atomic E-state index is -0.734. The molecule has 2 amide bonds. The lowest BCUT2D eigenvalue weighted by Crippen LogP contribution is -2.51. The highest BCUT2D eigenvalue weighted by Gasteiger charge is 2.32. The largest absolute Gasteiger partial charge is 0.354 e. The van der Waals surface area contributed by atoms with Crippen LogP contribution in [0.4, 0.5) is 0 Å². The van der Waals surface area contributed by atoms with Crippen molar-refractivity contribution in [1.82, 2.24) is 10.2 Å². The zero-order chi connectivity index (χ0) is 29.2. The molecule has 0 fully saturated rings. The van der Waals surface area contributed by atoms with Crippen molar-refractivity contribution in [3.05, 3.63) is 141 Å². The average molecular weight is 588 g/mol. The number of halogens is 2. The Morgan fingerprint density at radius 1 is 0.780 bits per heavy atom. The zero-order valence-corrected chi connectivity index (χ0v) is 25.0. The molecule has 0 aliphatic rings. The maximum atomic E-state index is 14.4. The van der Waals surface area contributed by atoms with Gasteiger partial charge in [-0.25, -0.2) is 0 Å². The summed E-state index contributed by atoms with van der Waals surface area (Å²) in [7, 11) is 0. The highest BCUT2D eigenvalue weighted by atomic mass is 35.5. The summed E-state index contributed by atoms with van der Waals surface area (Å²) in [4.78, 5) is 29.9. The number of amides is 2. The molecule has 6 heteroatoms. The monoisotopic (exact) mass is 586 g/mol. The molecule has 0 heterocycles. The number of carbonyl (C=O) groups excluding carboxylic acids is 2. The molecule has 0 radical (unpaired) electrons. The SMILES string of the molecule is CC(C)CNC(=O)C(Cc1ccccc1)N(Cc1ccc(Cl)cc1Cl)C(=O)CC(c1ccccc1)c1ccccc1. The number of carbonyl (C=O) groups is 2. The van der Waals surface area contributed by atoms with Crippen molar-refractivity contribution in [3.8, 4) is 0 Å². The molecule has 212 valence electrons. The Bertz CT molecular complexity index is 1370. The van der Waals surface area contributed by atoms with Crippen molar-refractivity contribution in [2.75, 3.05) is 6.54 Å². The molecule has 0 spiro atoms. The van der Waals surface area contributed by atoms with Crippen molar-refractivity contribution in [2.24, 2.45) is 5.92 Å². The smallest absolute Gasteiger partial charge is 0.243 e. The fourth-order valence-corrected chi connectivity index (χ4v) is 5.37. The number of nitrogens with one attached hydrogen (secondary N) is 1. The van der Waals surface area contributed by atoms with Crippen LogP contribution in [0.1, 0.15) is 48.4 Å². The highest BCUT2D eigenvalue weighted by molar-refractivity contribution is 6.35. The van der Waals surface area contributed by atoms with Crippen LogP contribution in [0.3, 0.4) is 0 Å². The number of benzene rings is 4. The van der Waals surface area contributed by atoms with E-state index in [-0.39, 0.29) is 36.6 Å². The molecule has 4 aromatic rings. The molecule has 0 aromatic heterocycles. The summed E-state index contributed by atoms with van der Waals surface area (Å²) in [6, 6.07) is 34.4. The lowest BCUT2D eigenvalue weighted by atomic mass is 9.87. The Morgan fingerprint density at radius 2 is 1.34 bits per heavy atom. The van der Waals surface area contributed by atoms with Gasteiger partial charge in [0.15, 0.2) is 0 Å². The van der Waals surface area contributed by atoms with Gasteiger partial charge in [-0.05, 0) is 40.3 Å². The maximum absolute atomic E-state index is 14.4.